The van der Waals surface area contributed by atoms with Crippen molar-refractivity contribution in [2.75, 3.05) is 40.3 Å². The quantitative estimate of drug-likeness (QED) is 0.606. The lowest BCUT2D eigenvalue weighted by atomic mass is 10.3. The topological polar surface area (TPSA) is 81.0 Å². The number of nitrogens with zero attached hydrogens (tertiary/aromatic N) is 4. The van der Waals surface area contributed by atoms with Gasteiger partial charge in [-0.25, -0.2) is 17.8 Å². The third-order valence-electron chi connectivity index (χ3n) is 4.54. The van der Waals surface area contributed by atoms with E-state index in [4.69, 9.17) is 0 Å². The number of sulfonamides is 1. The molecule has 0 aromatic carbocycles. The number of urea groups is 1. The number of imide groups is 1. The molecule has 1 unspecified atom stereocenters. The summed E-state index contributed by atoms with van der Waals surface area (Å²) in [6.07, 6.45) is 3.59. The van der Waals surface area contributed by atoms with Crippen molar-refractivity contribution in [2.45, 2.75) is 24.1 Å². The molecule has 22 heavy (non-hydrogen) atoms. The minimum absolute atomic E-state index is 0.401. The van der Waals surface area contributed by atoms with Gasteiger partial charge in [-0.2, -0.15) is 14.0 Å². The van der Waals surface area contributed by atoms with E-state index in [2.05, 4.69) is 4.90 Å². The monoisotopic (exact) mass is 329 g/mol. The van der Waals surface area contributed by atoms with Gasteiger partial charge in [0.25, 0.3) is 0 Å². The van der Waals surface area contributed by atoms with E-state index in [1.807, 2.05) is 0 Å². The summed E-state index contributed by atoms with van der Waals surface area (Å²) in [7, 11) is -1.02. The van der Waals surface area contributed by atoms with E-state index in [9.17, 15) is 18.0 Å². The maximum absolute atomic E-state index is 12.7. The van der Waals surface area contributed by atoms with Gasteiger partial charge in [0, 0.05) is 32.2 Å². The van der Waals surface area contributed by atoms with Crippen LogP contribution in [-0.2, 0) is 14.8 Å². The summed E-state index contributed by atoms with van der Waals surface area (Å²) in [4.78, 5) is 27.0. The van der Waals surface area contributed by atoms with Crippen LogP contribution in [0.15, 0.2) is 0 Å². The largest absolute Gasteiger partial charge is 0.500 e. The molecule has 2 fully saturated rings. The van der Waals surface area contributed by atoms with Gasteiger partial charge in [-0.1, -0.05) is 0 Å². The number of carbonyl (C=O) groups is 2. The summed E-state index contributed by atoms with van der Waals surface area (Å²) in [5.74, 6) is -0.687. The van der Waals surface area contributed by atoms with Crippen molar-refractivity contribution in [1.82, 2.24) is 14.1 Å². The smallest absolute Gasteiger partial charge is 0.298 e. The Morgan fingerprint density at radius 2 is 1.73 bits per heavy atom. The van der Waals surface area contributed by atoms with Crippen LogP contribution in [0.25, 0.3) is 0 Å². The van der Waals surface area contributed by atoms with Gasteiger partial charge in [0.15, 0.2) is 0 Å². The fourth-order valence-electron chi connectivity index (χ4n) is 2.98. The molecule has 1 aliphatic carbocycles. The lowest BCUT2D eigenvalue weighted by molar-refractivity contribution is -0.399. The molecule has 3 amide bonds. The molecule has 0 radical (unpaired) electrons. The third kappa shape index (κ3) is 2.57. The van der Waals surface area contributed by atoms with Gasteiger partial charge in [0.2, 0.25) is 15.3 Å². The summed E-state index contributed by atoms with van der Waals surface area (Å²) >= 11 is 0. The van der Waals surface area contributed by atoms with Crippen LogP contribution in [0.5, 0.6) is 0 Å². The maximum atomic E-state index is 12.7. The van der Waals surface area contributed by atoms with Crippen LogP contribution in [0, 0.1) is 0 Å². The van der Waals surface area contributed by atoms with Crippen molar-refractivity contribution in [2.24, 2.45) is 0 Å². The molecule has 3 rings (SSSR count). The average molecular weight is 329 g/mol. The lowest BCUT2D eigenvalue weighted by Crippen LogP contribution is -2.58. The van der Waals surface area contributed by atoms with Crippen LogP contribution in [-0.4, -0.2) is 96.8 Å². The normalized spacial score (nSPS) is 28.9. The minimum atomic E-state index is -3.79. The highest BCUT2D eigenvalue weighted by Crippen LogP contribution is 2.28. The summed E-state index contributed by atoms with van der Waals surface area (Å²) in [6.45, 7) is 2.21. The van der Waals surface area contributed by atoms with E-state index in [1.54, 1.807) is 0 Å². The number of rotatable bonds is 3. The average Bonchev–Trinajstić information content (AvgIpc) is 3.33. The van der Waals surface area contributed by atoms with Crippen LogP contribution in [0.2, 0.25) is 0 Å². The van der Waals surface area contributed by atoms with Crippen LogP contribution in [0.1, 0.15) is 12.8 Å². The highest BCUT2D eigenvalue weighted by Gasteiger charge is 2.49. The Bertz CT molecular complexity index is 632. The maximum Gasteiger partial charge on any atom is 0.500 e. The molecule has 9 heteroatoms. The predicted octanol–water partition coefficient (Wildman–Crippen LogP) is -1.23. The zero-order valence-corrected chi connectivity index (χ0v) is 13.6. The van der Waals surface area contributed by atoms with Crippen molar-refractivity contribution in [3.8, 4) is 0 Å². The molecule has 0 N–H and O–H groups in total. The van der Waals surface area contributed by atoms with Crippen molar-refractivity contribution in [1.29, 1.82) is 0 Å². The van der Waals surface area contributed by atoms with Gasteiger partial charge in [0.05, 0.1) is 14.1 Å². The Morgan fingerprint density at radius 3 is 2.27 bits per heavy atom. The molecular weight excluding hydrogens is 308 g/mol. The molecule has 3 aliphatic rings. The van der Waals surface area contributed by atoms with Crippen LogP contribution >= 0.6 is 0 Å². The first-order valence-corrected chi connectivity index (χ1v) is 8.95. The molecule has 0 bridgehead atoms. The summed E-state index contributed by atoms with van der Waals surface area (Å²) in [5.41, 5.74) is 0. The highest BCUT2D eigenvalue weighted by molar-refractivity contribution is 7.91. The fourth-order valence-corrected chi connectivity index (χ4v) is 4.72. The number of amides is 3. The molecule has 0 spiro atoms. The summed E-state index contributed by atoms with van der Waals surface area (Å²) < 4.78 is 28.0. The molecule has 0 aromatic rings. The lowest BCUT2D eigenvalue weighted by Gasteiger charge is -2.35. The second kappa shape index (κ2) is 5.39. The van der Waals surface area contributed by atoms with Gasteiger partial charge in [-0.3, -0.25) is 4.90 Å². The molecule has 2 aliphatic heterocycles. The molecular formula is C13H21N4O4S+. The Kier molecular flexibility index (Phi) is 3.82. The second-order valence-electron chi connectivity index (χ2n) is 6.07. The first kappa shape index (κ1) is 15.6. The Balaban J connectivity index is 1.78. The number of carbonyl (C=O) groups excluding carboxylic acids is 2. The van der Waals surface area contributed by atoms with Crippen LogP contribution < -0.4 is 0 Å². The molecule has 1 atom stereocenters. The summed E-state index contributed by atoms with van der Waals surface area (Å²) in [6, 6.07) is 0.0950. The fraction of sp³-hybridized carbons (Fsp3) is 0.769. The van der Waals surface area contributed by atoms with Crippen molar-refractivity contribution in [3.05, 3.63) is 0 Å². The van der Waals surface area contributed by atoms with E-state index in [-0.39, 0.29) is 0 Å². The van der Waals surface area contributed by atoms with Crippen LogP contribution in [0.3, 0.4) is 0 Å². The van der Waals surface area contributed by atoms with Crippen molar-refractivity contribution < 1.29 is 22.6 Å². The molecule has 2 heterocycles. The first-order chi connectivity index (χ1) is 10.3. The van der Waals surface area contributed by atoms with Crippen molar-refractivity contribution >= 4 is 28.2 Å². The Hall–Kier alpha value is -1.32. The molecule has 1 saturated heterocycles. The molecule has 122 valence electrons. The third-order valence-corrected chi connectivity index (χ3v) is 6.59. The molecule has 8 nitrogen and oxygen atoms in total. The second-order valence-corrected chi connectivity index (χ2v) is 8.13. The van der Waals surface area contributed by atoms with Crippen molar-refractivity contribution in [3.63, 3.8) is 0 Å². The Labute approximate surface area is 130 Å². The van der Waals surface area contributed by atoms with Gasteiger partial charge in [-0.15, -0.1) is 0 Å². The predicted molar refractivity (Wildman–Crippen MR) is 79.3 cm³/mol. The zero-order chi connectivity index (χ0) is 16.1. The first-order valence-electron chi connectivity index (χ1n) is 7.44. The summed E-state index contributed by atoms with van der Waals surface area (Å²) in [5, 5.41) is -1.31. The number of hydrogen-bond acceptors (Lipinski definition) is 5. The number of piperazine rings is 1. The van der Waals surface area contributed by atoms with Gasteiger partial charge in [-0.05, 0) is 12.8 Å². The van der Waals surface area contributed by atoms with E-state index >= 15 is 0 Å². The van der Waals surface area contributed by atoms with Gasteiger partial charge >= 0.3 is 11.9 Å². The zero-order valence-electron chi connectivity index (χ0n) is 12.8. The van der Waals surface area contributed by atoms with E-state index in [0.29, 0.717) is 32.2 Å². The standard InChI is InChI=1S/C13H21N4O4S/c1-14-9-11(12(18)15(2)13(14)19)22(20,21)17-7-5-16(6-8-17)10-3-4-10/h9-11H,3-8H2,1-2H3/q+1. The van der Waals surface area contributed by atoms with E-state index in [0.717, 1.165) is 9.48 Å². The molecule has 1 saturated carbocycles. The van der Waals surface area contributed by atoms with E-state index in [1.165, 1.54) is 37.5 Å². The SMILES string of the molecule is CN1C(=O)C(S(=O)(=O)N2CCN(C3CC3)CC2)C=[N+](C)C1=O. The van der Waals surface area contributed by atoms with Crippen LogP contribution in [0.4, 0.5) is 4.79 Å². The van der Waals surface area contributed by atoms with Gasteiger partial charge < -0.3 is 0 Å². The van der Waals surface area contributed by atoms with E-state index < -0.39 is 27.2 Å². The van der Waals surface area contributed by atoms with Gasteiger partial charge in [0.1, 0.15) is 6.21 Å². The Morgan fingerprint density at radius 1 is 1.14 bits per heavy atom. The molecule has 0 aromatic heterocycles. The highest BCUT2D eigenvalue weighted by atomic mass is 32.2. The number of hydrogen-bond donors (Lipinski definition) is 0. The minimum Gasteiger partial charge on any atom is -0.298 e.